The molecule has 0 aliphatic rings. The molecular formula is C25H24F6N4. The van der Waals surface area contributed by atoms with Gasteiger partial charge in [0.05, 0.1) is 0 Å². The third-order valence-corrected chi connectivity index (χ3v) is 3.93. The van der Waals surface area contributed by atoms with Gasteiger partial charge in [-0.05, 0) is 72.4 Å². The van der Waals surface area contributed by atoms with E-state index in [0.29, 0.717) is 11.4 Å². The van der Waals surface area contributed by atoms with Gasteiger partial charge in [0.1, 0.15) is 29.0 Å². The summed E-state index contributed by atoms with van der Waals surface area (Å²) in [5, 5.41) is -0.917. The molecule has 186 valence electrons. The van der Waals surface area contributed by atoms with E-state index in [4.69, 9.17) is 17.2 Å². The molecule has 4 aromatic rings. The summed E-state index contributed by atoms with van der Waals surface area (Å²) < 4.78 is 71.8. The largest absolute Gasteiger partial charge is 0.399 e. The van der Waals surface area contributed by atoms with Gasteiger partial charge in [-0.2, -0.15) is 0 Å². The van der Waals surface area contributed by atoms with Gasteiger partial charge in [0, 0.05) is 23.1 Å². The first-order valence-electron chi connectivity index (χ1n) is 9.89. The number of nitrogens with two attached hydrogens (primary N) is 3. The summed E-state index contributed by atoms with van der Waals surface area (Å²) >= 11 is 0. The Morgan fingerprint density at radius 2 is 1.09 bits per heavy atom. The van der Waals surface area contributed by atoms with E-state index in [-0.39, 0.29) is 23.0 Å². The van der Waals surface area contributed by atoms with Crippen molar-refractivity contribution in [1.82, 2.24) is 0 Å². The van der Waals surface area contributed by atoms with E-state index in [2.05, 4.69) is 0 Å². The molecule has 0 spiro atoms. The van der Waals surface area contributed by atoms with Crippen LogP contribution in [0.1, 0.15) is 5.56 Å². The smallest absolute Gasteiger partial charge is 0.128 e. The summed E-state index contributed by atoms with van der Waals surface area (Å²) in [5.74, 6) is -1.86. The fourth-order valence-electron chi connectivity index (χ4n) is 2.23. The first-order valence-corrected chi connectivity index (χ1v) is 9.89. The molecule has 0 saturated heterocycles. The van der Waals surface area contributed by atoms with E-state index in [0.717, 1.165) is 23.8 Å². The number of anilines is 4. The van der Waals surface area contributed by atoms with Crippen LogP contribution in [-0.4, -0.2) is 0 Å². The Morgan fingerprint density at radius 3 is 1.46 bits per heavy atom. The van der Waals surface area contributed by atoms with Crippen molar-refractivity contribution >= 4 is 22.7 Å². The van der Waals surface area contributed by atoms with Crippen molar-refractivity contribution in [2.75, 3.05) is 22.5 Å². The topological polar surface area (TPSA) is 81.3 Å². The molecule has 35 heavy (non-hydrogen) atoms. The van der Waals surface area contributed by atoms with Crippen LogP contribution in [0.4, 0.5) is 49.3 Å². The van der Waals surface area contributed by atoms with Crippen molar-refractivity contribution in [2.45, 2.75) is 6.92 Å². The second-order valence-electron chi connectivity index (χ2n) is 6.83. The molecule has 10 heteroatoms. The first-order chi connectivity index (χ1) is 16.5. The third-order valence-electron chi connectivity index (χ3n) is 3.93. The van der Waals surface area contributed by atoms with Crippen LogP contribution in [0, 0.1) is 30.2 Å². The van der Waals surface area contributed by atoms with E-state index in [1.165, 1.54) is 36.4 Å². The average Bonchev–Trinajstić information content (AvgIpc) is 2.77. The van der Waals surface area contributed by atoms with Crippen LogP contribution in [0.15, 0.2) is 91.0 Å². The van der Waals surface area contributed by atoms with Crippen molar-refractivity contribution in [3.05, 3.63) is 120 Å². The van der Waals surface area contributed by atoms with Gasteiger partial charge < -0.3 is 17.2 Å². The SMILES string of the molecule is Cc1ccc(F)cc1N.FN(F)c1ccccc1.Nc1cc(F)cc(F)c1.Nc1cccc(F)c1. The fraction of sp³-hybridized carbons (Fsp3) is 0.0400. The van der Waals surface area contributed by atoms with E-state index >= 15 is 0 Å². The van der Waals surface area contributed by atoms with E-state index in [9.17, 15) is 26.5 Å². The number of aryl methyl sites for hydroxylation is 1. The van der Waals surface area contributed by atoms with Crippen LogP contribution in [0.25, 0.3) is 0 Å². The van der Waals surface area contributed by atoms with E-state index < -0.39 is 17.0 Å². The summed E-state index contributed by atoms with van der Waals surface area (Å²) in [5.41, 5.74) is 17.6. The Morgan fingerprint density at radius 1 is 0.543 bits per heavy atom. The number of nitrogens with zero attached hydrogens (tertiary/aromatic N) is 1. The van der Waals surface area contributed by atoms with Gasteiger partial charge in [-0.3, -0.25) is 0 Å². The molecule has 4 nitrogen and oxygen atoms in total. The highest BCUT2D eigenvalue weighted by atomic mass is 19.4. The Hall–Kier alpha value is -4.34. The minimum atomic E-state index is -0.917. The van der Waals surface area contributed by atoms with Gasteiger partial charge in [0.25, 0.3) is 0 Å². The molecule has 0 aromatic heterocycles. The number of halogens is 6. The predicted octanol–water partition coefficient (Wildman–Crippen LogP) is 6.93. The molecule has 0 aliphatic carbocycles. The van der Waals surface area contributed by atoms with Gasteiger partial charge in [-0.25, -0.2) is 17.6 Å². The van der Waals surface area contributed by atoms with Crippen LogP contribution in [0.5, 0.6) is 0 Å². The zero-order valence-electron chi connectivity index (χ0n) is 18.6. The Balaban J connectivity index is 0.000000234. The maximum absolute atomic E-state index is 12.3. The van der Waals surface area contributed by atoms with Gasteiger partial charge in [0.15, 0.2) is 0 Å². The highest BCUT2D eigenvalue weighted by Crippen LogP contribution is 2.13. The van der Waals surface area contributed by atoms with Gasteiger partial charge in [-0.1, -0.05) is 39.3 Å². The van der Waals surface area contributed by atoms with Crippen molar-refractivity contribution in [1.29, 1.82) is 0 Å². The van der Waals surface area contributed by atoms with Crippen LogP contribution in [-0.2, 0) is 0 Å². The Kier molecular flexibility index (Phi) is 12.1. The Labute approximate surface area is 199 Å². The minimum absolute atomic E-state index is 0.0856. The zero-order chi connectivity index (χ0) is 26.4. The summed E-state index contributed by atoms with van der Waals surface area (Å²) in [6.07, 6.45) is 0. The number of nitrogen functional groups attached to an aromatic ring is 3. The lowest BCUT2D eigenvalue weighted by Crippen LogP contribution is -1.93. The number of rotatable bonds is 1. The maximum atomic E-state index is 12.3. The van der Waals surface area contributed by atoms with Crippen LogP contribution in [0.3, 0.4) is 0 Å². The van der Waals surface area contributed by atoms with Crippen molar-refractivity contribution < 1.29 is 26.5 Å². The number of hydrogen-bond donors (Lipinski definition) is 3. The van der Waals surface area contributed by atoms with E-state index in [1.807, 2.05) is 6.92 Å². The molecule has 0 unspecified atom stereocenters. The second kappa shape index (κ2) is 14.7. The van der Waals surface area contributed by atoms with Gasteiger partial charge in [-0.15, -0.1) is 0 Å². The third kappa shape index (κ3) is 12.5. The lowest BCUT2D eigenvalue weighted by molar-refractivity contribution is 0.235. The molecule has 4 rings (SSSR count). The van der Waals surface area contributed by atoms with Crippen molar-refractivity contribution in [3.63, 3.8) is 0 Å². The van der Waals surface area contributed by atoms with E-state index in [1.54, 1.807) is 36.4 Å². The summed E-state index contributed by atoms with van der Waals surface area (Å²) in [4.78, 5) is 0. The molecule has 0 heterocycles. The lowest BCUT2D eigenvalue weighted by atomic mass is 10.2. The second-order valence-corrected chi connectivity index (χ2v) is 6.83. The molecule has 0 amide bonds. The number of hydrogen-bond acceptors (Lipinski definition) is 4. The molecule has 0 radical (unpaired) electrons. The standard InChI is InChI=1S/C7H8FN.2C6H5F2N.C6H6FN/c1-5-2-3-6(8)4-7(5)9;7-4-1-5(8)3-6(9)2-4;7-9(8)6-4-2-1-3-5-6;7-5-2-1-3-6(8)4-5/h2-4H,9H2,1H3;1-3H,9H2;1-5H;1-4H,8H2. The van der Waals surface area contributed by atoms with Crippen LogP contribution in [0.2, 0.25) is 0 Å². The normalized spacial score (nSPS) is 9.34. The average molecular weight is 494 g/mol. The number of para-hydroxylation sites is 1. The van der Waals surface area contributed by atoms with Crippen LogP contribution < -0.4 is 22.5 Å². The molecule has 0 saturated carbocycles. The summed E-state index contributed by atoms with van der Waals surface area (Å²) in [6.45, 7) is 1.84. The van der Waals surface area contributed by atoms with Crippen LogP contribution >= 0.6 is 0 Å². The highest BCUT2D eigenvalue weighted by Gasteiger charge is 1.97. The molecule has 0 fully saturated rings. The maximum Gasteiger partial charge on any atom is 0.128 e. The first kappa shape index (κ1) is 28.7. The Bertz CT molecular complexity index is 1110. The van der Waals surface area contributed by atoms with Gasteiger partial charge in [0.2, 0.25) is 0 Å². The van der Waals surface area contributed by atoms with Gasteiger partial charge >= 0.3 is 0 Å². The fourth-order valence-corrected chi connectivity index (χ4v) is 2.23. The summed E-state index contributed by atoms with van der Waals surface area (Å²) in [7, 11) is 0. The number of benzene rings is 4. The molecule has 0 bridgehead atoms. The van der Waals surface area contributed by atoms with Crippen molar-refractivity contribution in [2.24, 2.45) is 0 Å². The lowest BCUT2D eigenvalue weighted by Gasteiger charge is -1.97. The monoisotopic (exact) mass is 494 g/mol. The van der Waals surface area contributed by atoms with Crippen molar-refractivity contribution in [3.8, 4) is 0 Å². The molecule has 4 aromatic carbocycles. The molecule has 6 N–H and O–H groups in total. The molecule has 0 aliphatic heterocycles. The highest BCUT2D eigenvalue weighted by molar-refractivity contribution is 5.45. The predicted molar refractivity (Wildman–Crippen MR) is 128 cm³/mol. The minimum Gasteiger partial charge on any atom is -0.399 e. The molecule has 0 atom stereocenters. The zero-order valence-corrected chi connectivity index (χ0v) is 18.6. The summed E-state index contributed by atoms with van der Waals surface area (Å²) in [6, 6.07) is 20.6. The molecular weight excluding hydrogens is 470 g/mol. The quantitative estimate of drug-likeness (QED) is 0.152.